The minimum absolute atomic E-state index is 0.0119. The number of anilines is 2. The third-order valence-electron chi connectivity index (χ3n) is 4.95. The minimum atomic E-state index is -0.630. The number of halogens is 2. The highest BCUT2D eigenvalue weighted by Gasteiger charge is 2.23. The van der Waals surface area contributed by atoms with Gasteiger partial charge in [-0.2, -0.15) is 14.5 Å². The summed E-state index contributed by atoms with van der Waals surface area (Å²) in [5, 5.41) is 10.4. The molecule has 9 nitrogen and oxygen atoms in total. The van der Waals surface area contributed by atoms with Gasteiger partial charge in [-0.05, 0) is 31.6 Å². The van der Waals surface area contributed by atoms with E-state index >= 15 is 0 Å². The molecule has 3 rings (SSSR count). The number of ether oxygens (including phenoxy) is 2. The Morgan fingerprint density at radius 1 is 1.33 bits per heavy atom. The van der Waals surface area contributed by atoms with E-state index in [2.05, 4.69) is 25.7 Å². The van der Waals surface area contributed by atoms with Crippen LogP contribution in [0, 0.1) is 11.7 Å². The van der Waals surface area contributed by atoms with Gasteiger partial charge in [0.1, 0.15) is 0 Å². The zero-order valence-electron chi connectivity index (χ0n) is 17.0. The van der Waals surface area contributed by atoms with E-state index in [0.29, 0.717) is 30.6 Å². The predicted molar refractivity (Wildman–Crippen MR) is 109 cm³/mol. The summed E-state index contributed by atoms with van der Waals surface area (Å²) in [7, 11) is 1.60. The third-order valence-corrected chi connectivity index (χ3v) is 5.35. The number of hydrogen-bond acceptors (Lipinski definition) is 7. The van der Waals surface area contributed by atoms with Crippen molar-refractivity contribution >= 4 is 29.1 Å². The van der Waals surface area contributed by atoms with E-state index in [0.717, 1.165) is 31.9 Å². The molecular weight excluding hydrogens is 415 g/mol. The summed E-state index contributed by atoms with van der Waals surface area (Å²) < 4.78 is 26.3. The summed E-state index contributed by atoms with van der Waals surface area (Å²) in [5.74, 6) is -0.306. The zero-order valence-corrected chi connectivity index (χ0v) is 17.8. The van der Waals surface area contributed by atoms with Crippen LogP contribution in [-0.4, -0.2) is 52.0 Å². The third kappa shape index (κ3) is 6.02. The Balaban J connectivity index is 1.56. The van der Waals surface area contributed by atoms with Crippen LogP contribution >= 0.6 is 11.6 Å². The first-order valence-electron chi connectivity index (χ1n) is 9.86. The van der Waals surface area contributed by atoms with Crippen molar-refractivity contribution in [1.29, 1.82) is 0 Å². The molecule has 11 heteroatoms. The van der Waals surface area contributed by atoms with Crippen molar-refractivity contribution in [2.45, 2.75) is 45.2 Å². The van der Waals surface area contributed by atoms with Crippen LogP contribution in [-0.2, 0) is 16.1 Å². The molecular formula is C19H26ClFN6O3. The Kier molecular flexibility index (Phi) is 7.81. The number of amides is 1. The van der Waals surface area contributed by atoms with Gasteiger partial charge in [0.15, 0.2) is 5.15 Å². The maximum atomic E-state index is 14.1. The molecule has 1 aliphatic carbocycles. The molecule has 2 N–H and O–H groups in total. The van der Waals surface area contributed by atoms with Crippen LogP contribution in [0.25, 0.3) is 0 Å². The lowest BCUT2D eigenvalue weighted by atomic mass is 9.86. The van der Waals surface area contributed by atoms with Crippen LogP contribution in [0.4, 0.5) is 16.0 Å². The Morgan fingerprint density at radius 3 is 2.80 bits per heavy atom. The number of aromatic nitrogens is 4. The van der Waals surface area contributed by atoms with Gasteiger partial charge in [0, 0.05) is 20.1 Å². The molecule has 0 radical (unpaired) electrons. The van der Waals surface area contributed by atoms with Crippen molar-refractivity contribution in [2.24, 2.45) is 5.92 Å². The summed E-state index contributed by atoms with van der Waals surface area (Å²) in [6, 6.07) is 0.208. The van der Waals surface area contributed by atoms with E-state index in [1.807, 2.05) is 0 Å². The molecule has 2 heterocycles. The first kappa shape index (κ1) is 22.2. The number of nitrogens with zero attached hydrogens (tertiary/aromatic N) is 4. The SMILES string of the molecule is COCCn1ncc(Nc2ncc(F)c(OC[C@H]3CC[C@H](NC(C)=O)CC3)n2)c1Cl. The fourth-order valence-corrected chi connectivity index (χ4v) is 3.60. The first-order chi connectivity index (χ1) is 14.5. The molecule has 1 fully saturated rings. The van der Waals surface area contributed by atoms with Crippen LogP contribution in [0.2, 0.25) is 5.15 Å². The monoisotopic (exact) mass is 440 g/mol. The molecule has 2 aromatic rings. The molecule has 0 unspecified atom stereocenters. The molecule has 0 atom stereocenters. The summed E-state index contributed by atoms with van der Waals surface area (Å²) in [6.45, 7) is 2.85. The van der Waals surface area contributed by atoms with Gasteiger partial charge in [0.25, 0.3) is 5.88 Å². The first-order valence-corrected chi connectivity index (χ1v) is 10.2. The largest absolute Gasteiger partial charge is 0.475 e. The van der Waals surface area contributed by atoms with E-state index in [-0.39, 0.29) is 29.7 Å². The topological polar surface area (TPSA) is 103 Å². The van der Waals surface area contributed by atoms with Crippen LogP contribution < -0.4 is 15.4 Å². The lowest BCUT2D eigenvalue weighted by molar-refractivity contribution is -0.119. The minimum Gasteiger partial charge on any atom is -0.475 e. The van der Waals surface area contributed by atoms with Crippen molar-refractivity contribution in [3.63, 3.8) is 0 Å². The molecule has 1 amide bonds. The highest BCUT2D eigenvalue weighted by Crippen LogP contribution is 2.27. The molecule has 0 bridgehead atoms. The average molecular weight is 441 g/mol. The standard InChI is InChI=1S/C19H26ClFN6O3/c1-12(28)24-14-5-3-13(4-6-14)11-30-18-15(21)9-22-19(26-18)25-16-10-23-27(17(16)20)7-8-29-2/h9-10,13-14H,3-8,11H2,1-2H3,(H,24,28)(H,22,25,26)/t13-,14-. The predicted octanol–water partition coefficient (Wildman–Crippen LogP) is 2.93. The molecule has 30 heavy (non-hydrogen) atoms. The highest BCUT2D eigenvalue weighted by atomic mass is 35.5. The van der Waals surface area contributed by atoms with E-state index in [1.165, 1.54) is 6.92 Å². The Morgan fingerprint density at radius 2 is 2.10 bits per heavy atom. The van der Waals surface area contributed by atoms with Gasteiger partial charge in [0.05, 0.1) is 37.8 Å². The van der Waals surface area contributed by atoms with Crippen LogP contribution in [0.5, 0.6) is 5.88 Å². The molecule has 0 spiro atoms. The zero-order chi connectivity index (χ0) is 21.5. The van der Waals surface area contributed by atoms with Crippen LogP contribution in [0.3, 0.4) is 0 Å². The normalized spacial score (nSPS) is 18.8. The second-order valence-electron chi connectivity index (χ2n) is 7.27. The van der Waals surface area contributed by atoms with Crippen LogP contribution in [0.15, 0.2) is 12.4 Å². The maximum absolute atomic E-state index is 14.1. The Labute approximate surface area is 179 Å². The Bertz CT molecular complexity index is 857. The number of carbonyl (C=O) groups is 1. The maximum Gasteiger partial charge on any atom is 0.255 e. The van der Waals surface area contributed by atoms with Crippen molar-refractivity contribution in [1.82, 2.24) is 25.1 Å². The average Bonchev–Trinajstić information content (AvgIpc) is 3.07. The lowest BCUT2D eigenvalue weighted by Gasteiger charge is -2.28. The fourth-order valence-electron chi connectivity index (χ4n) is 3.38. The number of nitrogens with one attached hydrogen (secondary N) is 2. The molecule has 164 valence electrons. The van der Waals surface area contributed by atoms with E-state index in [4.69, 9.17) is 21.1 Å². The highest BCUT2D eigenvalue weighted by molar-refractivity contribution is 6.32. The second-order valence-corrected chi connectivity index (χ2v) is 7.62. The fraction of sp³-hybridized carbons (Fsp3) is 0.579. The van der Waals surface area contributed by atoms with Gasteiger partial charge in [-0.25, -0.2) is 9.67 Å². The molecule has 0 aromatic carbocycles. The molecule has 1 aliphatic rings. The molecule has 0 saturated heterocycles. The quantitative estimate of drug-likeness (QED) is 0.617. The van der Waals surface area contributed by atoms with Crippen LogP contribution in [0.1, 0.15) is 32.6 Å². The number of hydrogen-bond donors (Lipinski definition) is 2. The van der Waals surface area contributed by atoms with E-state index < -0.39 is 5.82 Å². The lowest BCUT2D eigenvalue weighted by Crippen LogP contribution is -2.37. The van der Waals surface area contributed by atoms with Gasteiger partial charge in [0.2, 0.25) is 17.7 Å². The van der Waals surface area contributed by atoms with Crippen molar-refractivity contribution < 1.29 is 18.7 Å². The number of rotatable bonds is 9. The van der Waals surface area contributed by atoms with Gasteiger partial charge in [-0.15, -0.1) is 0 Å². The van der Waals surface area contributed by atoms with E-state index in [9.17, 15) is 9.18 Å². The molecule has 1 saturated carbocycles. The van der Waals surface area contributed by atoms with Gasteiger partial charge < -0.3 is 20.1 Å². The van der Waals surface area contributed by atoms with Gasteiger partial charge in [-0.1, -0.05) is 11.6 Å². The summed E-state index contributed by atoms with van der Waals surface area (Å²) in [4.78, 5) is 19.2. The molecule has 0 aliphatic heterocycles. The van der Waals surface area contributed by atoms with Gasteiger partial charge >= 0.3 is 0 Å². The second kappa shape index (κ2) is 10.5. The Hall–Kier alpha value is -2.46. The number of methoxy groups -OCH3 is 1. The van der Waals surface area contributed by atoms with Crippen molar-refractivity contribution in [3.8, 4) is 5.88 Å². The van der Waals surface area contributed by atoms with Crippen molar-refractivity contribution in [2.75, 3.05) is 25.6 Å². The van der Waals surface area contributed by atoms with Crippen molar-refractivity contribution in [3.05, 3.63) is 23.4 Å². The molecule has 2 aromatic heterocycles. The summed E-state index contributed by atoms with van der Waals surface area (Å²) >= 11 is 6.28. The van der Waals surface area contributed by atoms with Gasteiger partial charge in [-0.3, -0.25) is 4.79 Å². The van der Waals surface area contributed by atoms with E-state index in [1.54, 1.807) is 18.0 Å². The number of carbonyl (C=O) groups excluding carboxylic acids is 1. The summed E-state index contributed by atoms with van der Waals surface area (Å²) in [5.41, 5.74) is 0.502. The summed E-state index contributed by atoms with van der Waals surface area (Å²) in [6.07, 6.45) is 6.18. The smallest absolute Gasteiger partial charge is 0.255 e.